The van der Waals surface area contributed by atoms with Crippen molar-refractivity contribution in [1.82, 2.24) is 10.2 Å². The van der Waals surface area contributed by atoms with Crippen molar-refractivity contribution in [2.45, 2.75) is 37.4 Å². The van der Waals surface area contributed by atoms with Gasteiger partial charge in [0.2, 0.25) is 0 Å². The summed E-state index contributed by atoms with van der Waals surface area (Å²) in [4.78, 5) is 26.2. The van der Waals surface area contributed by atoms with Crippen molar-refractivity contribution in [2.24, 2.45) is 10.2 Å². The molecule has 1 N–H and O–H groups in total. The SMILES string of the molecule is C#CCCC1(CCN2C(=O)NC(C)(c3ccc(F)cc3Cl)C2=O)N=N1. The molecular weight excluding hydrogens is 347 g/mol. The molecule has 1 aromatic rings. The molecule has 1 saturated heterocycles. The molecule has 1 aromatic carbocycles. The molecular formula is C17H16ClFN4O2. The number of amides is 3. The maximum absolute atomic E-state index is 13.3. The van der Waals surface area contributed by atoms with E-state index in [1.807, 2.05) is 0 Å². The molecule has 2 aliphatic heterocycles. The Balaban J connectivity index is 1.75. The quantitative estimate of drug-likeness (QED) is 0.623. The second kappa shape index (κ2) is 6.12. The van der Waals surface area contributed by atoms with E-state index in [9.17, 15) is 14.0 Å². The number of nitrogens with one attached hydrogen (secondary N) is 1. The third-order valence-electron chi connectivity index (χ3n) is 4.53. The number of benzene rings is 1. The number of nitrogens with zero attached hydrogens (tertiary/aromatic N) is 3. The molecule has 0 spiro atoms. The minimum Gasteiger partial charge on any atom is -0.319 e. The molecule has 0 bridgehead atoms. The van der Waals surface area contributed by atoms with Gasteiger partial charge in [-0.05, 0) is 19.1 Å². The summed E-state index contributed by atoms with van der Waals surface area (Å²) < 4.78 is 13.3. The van der Waals surface area contributed by atoms with Crippen molar-refractivity contribution >= 4 is 23.5 Å². The zero-order chi connectivity index (χ0) is 18.2. The molecule has 8 heteroatoms. The minimum absolute atomic E-state index is 0.0793. The lowest BCUT2D eigenvalue weighted by atomic mass is 9.91. The van der Waals surface area contributed by atoms with E-state index in [-0.39, 0.29) is 11.6 Å². The maximum Gasteiger partial charge on any atom is 0.325 e. The van der Waals surface area contributed by atoms with Gasteiger partial charge in [-0.25, -0.2) is 9.18 Å². The van der Waals surface area contributed by atoms with Crippen molar-refractivity contribution in [1.29, 1.82) is 0 Å². The molecule has 1 fully saturated rings. The highest BCUT2D eigenvalue weighted by molar-refractivity contribution is 6.32. The van der Waals surface area contributed by atoms with Crippen molar-refractivity contribution < 1.29 is 14.0 Å². The number of imide groups is 1. The summed E-state index contributed by atoms with van der Waals surface area (Å²) in [5.41, 5.74) is -1.58. The Morgan fingerprint density at radius 3 is 2.68 bits per heavy atom. The van der Waals surface area contributed by atoms with Gasteiger partial charge in [-0.15, -0.1) is 12.3 Å². The van der Waals surface area contributed by atoms with E-state index in [1.54, 1.807) is 6.92 Å². The fraction of sp³-hybridized carbons (Fsp3) is 0.412. The molecule has 2 heterocycles. The van der Waals surface area contributed by atoms with Crippen LogP contribution in [0.25, 0.3) is 0 Å². The van der Waals surface area contributed by atoms with Crippen LogP contribution in [0.1, 0.15) is 31.7 Å². The zero-order valence-electron chi connectivity index (χ0n) is 13.6. The number of rotatable bonds is 6. The van der Waals surface area contributed by atoms with Crippen LogP contribution in [0, 0.1) is 18.2 Å². The van der Waals surface area contributed by atoms with Crippen LogP contribution in [-0.4, -0.2) is 29.0 Å². The van der Waals surface area contributed by atoms with Gasteiger partial charge in [0, 0.05) is 36.4 Å². The van der Waals surface area contributed by atoms with Crippen LogP contribution in [0.15, 0.2) is 28.4 Å². The Morgan fingerprint density at radius 2 is 2.08 bits per heavy atom. The molecule has 1 atom stereocenters. The van der Waals surface area contributed by atoms with Crippen LogP contribution < -0.4 is 5.32 Å². The van der Waals surface area contributed by atoms with Crippen LogP contribution >= 0.6 is 11.6 Å². The van der Waals surface area contributed by atoms with E-state index >= 15 is 0 Å². The Kier molecular flexibility index (Phi) is 4.25. The lowest BCUT2D eigenvalue weighted by molar-refractivity contribution is -0.131. The average Bonchev–Trinajstić information content (AvgIpc) is 3.28. The van der Waals surface area contributed by atoms with Crippen LogP contribution in [-0.2, 0) is 10.3 Å². The first kappa shape index (κ1) is 17.4. The smallest absolute Gasteiger partial charge is 0.319 e. The largest absolute Gasteiger partial charge is 0.325 e. The summed E-state index contributed by atoms with van der Waals surface area (Å²) in [6, 6.07) is 3.19. The normalized spacial score (nSPS) is 23.5. The molecule has 2 aliphatic rings. The topological polar surface area (TPSA) is 74.1 Å². The molecule has 0 radical (unpaired) electrons. The standard InChI is InChI=1S/C17H16ClFN4O2/c1-3-4-7-17(21-22-17)8-9-23-14(24)16(2,20-15(23)25)12-6-5-11(19)10-13(12)18/h1,5-6,10H,4,7-9H2,2H3,(H,20,25). The zero-order valence-corrected chi connectivity index (χ0v) is 14.3. The van der Waals surface area contributed by atoms with E-state index < -0.39 is 29.0 Å². The Bertz CT molecular complexity index is 813. The third-order valence-corrected chi connectivity index (χ3v) is 4.85. The number of hydrogen-bond donors (Lipinski definition) is 1. The first-order chi connectivity index (χ1) is 11.8. The van der Waals surface area contributed by atoms with Gasteiger partial charge in [0.25, 0.3) is 5.91 Å². The Morgan fingerprint density at radius 1 is 1.36 bits per heavy atom. The van der Waals surface area contributed by atoms with Gasteiger partial charge >= 0.3 is 6.03 Å². The van der Waals surface area contributed by atoms with Gasteiger partial charge in [-0.3, -0.25) is 9.69 Å². The molecule has 3 rings (SSSR count). The summed E-state index contributed by atoms with van der Waals surface area (Å²) in [7, 11) is 0. The number of hydrogen-bond acceptors (Lipinski definition) is 4. The van der Waals surface area contributed by atoms with E-state index in [4.69, 9.17) is 18.0 Å². The van der Waals surface area contributed by atoms with Gasteiger partial charge in [0.1, 0.15) is 11.4 Å². The summed E-state index contributed by atoms with van der Waals surface area (Å²) in [6.45, 7) is 1.71. The predicted octanol–water partition coefficient (Wildman–Crippen LogP) is 3.21. The van der Waals surface area contributed by atoms with E-state index in [2.05, 4.69) is 21.5 Å². The monoisotopic (exact) mass is 362 g/mol. The number of terminal acetylenes is 1. The fourth-order valence-corrected chi connectivity index (χ4v) is 3.29. The highest BCUT2D eigenvalue weighted by Crippen LogP contribution is 2.38. The second-order valence-corrected chi connectivity index (χ2v) is 6.68. The molecule has 6 nitrogen and oxygen atoms in total. The molecule has 0 aliphatic carbocycles. The number of carbonyl (C=O) groups is 2. The third kappa shape index (κ3) is 3.10. The first-order valence-electron chi connectivity index (χ1n) is 7.78. The van der Waals surface area contributed by atoms with Crippen molar-refractivity contribution in [3.63, 3.8) is 0 Å². The first-order valence-corrected chi connectivity index (χ1v) is 8.16. The van der Waals surface area contributed by atoms with Gasteiger partial charge in [-0.1, -0.05) is 17.7 Å². The van der Waals surface area contributed by atoms with Gasteiger partial charge in [0.15, 0.2) is 5.66 Å². The summed E-state index contributed by atoms with van der Waals surface area (Å²) >= 11 is 6.07. The fourth-order valence-electron chi connectivity index (χ4n) is 2.94. The average molecular weight is 363 g/mol. The van der Waals surface area contributed by atoms with Crippen molar-refractivity contribution in [2.75, 3.05) is 6.54 Å². The van der Waals surface area contributed by atoms with E-state index in [1.165, 1.54) is 12.1 Å². The van der Waals surface area contributed by atoms with Crippen molar-refractivity contribution in [3.8, 4) is 12.3 Å². The van der Waals surface area contributed by atoms with Crippen LogP contribution in [0.5, 0.6) is 0 Å². The highest BCUT2D eigenvalue weighted by atomic mass is 35.5. The number of halogens is 2. The molecule has 0 aromatic heterocycles. The summed E-state index contributed by atoms with van der Waals surface area (Å²) in [5, 5.41) is 10.7. The van der Waals surface area contributed by atoms with Gasteiger partial charge < -0.3 is 5.32 Å². The molecule has 3 amide bonds. The van der Waals surface area contributed by atoms with Crippen molar-refractivity contribution in [3.05, 3.63) is 34.6 Å². The number of carbonyl (C=O) groups excluding carboxylic acids is 2. The Hall–Kier alpha value is -2.46. The minimum atomic E-state index is -1.34. The lowest BCUT2D eigenvalue weighted by Crippen LogP contribution is -2.41. The van der Waals surface area contributed by atoms with Crippen LogP contribution in [0.4, 0.5) is 9.18 Å². The van der Waals surface area contributed by atoms with Gasteiger partial charge in [0.05, 0.1) is 0 Å². The maximum atomic E-state index is 13.3. The van der Waals surface area contributed by atoms with E-state index in [0.29, 0.717) is 24.8 Å². The second-order valence-electron chi connectivity index (χ2n) is 6.27. The van der Waals surface area contributed by atoms with Gasteiger partial charge in [-0.2, -0.15) is 10.2 Å². The molecule has 1 unspecified atom stereocenters. The predicted molar refractivity (Wildman–Crippen MR) is 89.3 cm³/mol. The molecule has 0 saturated carbocycles. The lowest BCUT2D eigenvalue weighted by Gasteiger charge is -2.23. The van der Waals surface area contributed by atoms with Crippen LogP contribution in [0.2, 0.25) is 5.02 Å². The molecule has 130 valence electrons. The van der Waals surface area contributed by atoms with E-state index in [0.717, 1.165) is 11.0 Å². The summed E-state index contributed by atoms with van der Waals surface area (Å²) in [5.74, 6) is 1.57. The highest BCUT2D eigenvalue weighted by Gasteiger charge is 2.51. The number of urea groups is 1. The van der Waals surface area contributed by atoms with Crippen LogP contribution in [0.3, 0.4) is 0 Å². The summed E-state index contributed by atoms with van der Waals surface area (Å²) in [6.07, 6.45) is 6.78. The molecule has 25 heavy (non-hydrogen) atoms. The Labute approximate surface area is 149 Å².